The summed E-state index contributed by atoms with van der Waals surface area (Å²) >= 11 is 1.01. The first-order valence-electron chi connectivity index (χ1n) is 7.68. The normalized spacial score (nSPS) is 19.6. The number of carbonyl (C=O) groups excluding carboxylic acids is 3. The molecule has 3 amide bonds. The van der Waals surface area contributed by atoms with Crippen molar-refractivity contribution in [3.63, 3.8) is 0 Å². The summed E-state index contributed by atoms with van der Waals surface area (Å²) in [6.45, 7) is 0.865. The van der Waals surface area contributed by atoms with E-state index in [1.54, 1.807) is 4.90 Å². The van der Waals surface area contributed by atoms with Gasteiger partial charge in [-0.05, 0) is 37.1 Å². The molecule has 25 heavy (non-hydrogen) atoms. The summed E-state index contributed by atoms with van der Waals surface area (Å²) in [6.07, 6.45) is 1.08. The Morgan fingerprint density at radius 1 is 1.12 bits per heavy atom. The van der Waals surface area contributed by atoms with Gasteiger partial charge in [-0.2, -0.15) is 0 Å². The van der Waals surface area contributed by atoms with Crippen molar-refractivity contribution in [2.24, 2.45) is 5.14 Å². The molecule has 0 radical (unpaired) electrons. The Bertz CT molecular complexity index is 798. The van der Waals surface area contributed by atoms with Gasteiger partial charge in [0, 0.05) is 24.7 Å². The minimum atomic E-state index is -3.79. The molecule has 0 saturated carbocycles. The van der Waals surface area contributed by atoms with Crippen molar-refractivity contribution >= 4 is 38.8 Å². The summed E-state index contributed by atoms with van der Waals surface area (Å²) in [7, 11) is -3.79. The van der Waals surface area contributed by atoms with Crippen LogP contribution in [0.2, 0.25) is 0 Å². The van der Waals surface area contributed by atoms with Crippen LogP contribution in [0.5, 0.6) is 0 Å². The zero-order chi connectivity index (χ0) is 18.2. The number of sulfonamides is 1. The second kappa shape index (κ2) is 6.77. The van der Waals surface area contributed by atoms with Crippen LogP contribution in [-0.4, -0.2) is 60.2 Å². The van der Waals surface area contributed by atoms with Crippen LogP contribution >= 0.6 is 11.8 Å². The molecule has 2 aliphatic rings. The topological polar surface area (TPSA) is 118 Å². The molecule has 0 aromatic heterocycles. The molecule has 2 fully saturated rings. The molecule has 0 atom stereocenters. The van der Waals surface area contributed by atoms with Gasteiger partial charge in [-0.1, -0.05) is 11.8 Å². The fourth-order valence-electron chi connectivity index (χ4n) is 3.01. The predicted molar refractivity (Wildman–Crippen MR) is 91.4 cm³/mol. The molecule has 2 saturated heterocycles. The van der Waals surface area contributed by atoms with Crippen LogP contribution in [0.3, 0.4) is 0 Å². The molecule has 2 aliphatic heterocycles. The van der Waals surface area contributed by atoms with Gasteiger partial charge in [0.15, 0.2) is 0 Å². The van der Waals surface area contributed by atoms with E-state index in [0.717, 1.165) is 11.8 Å². The summed E-state index contributed by atoms with van der Waals surface area (Å²) in [6, 6.07) is 5.29. The predicted octanol–water partition coefficient (Wildman–Crippen LogP) is 0.634. The minimum Gasteiger partial charge on any atom is -0.338 e. The zero-order valence-electron chi connectivity index (χ0n) is 13.3. The first kappa shape index (κ1) is 17.9. The van der Waals surface area contributed by atoms with Crippen molar-refractivity contribution < 1.29 is 22.8 Å². The molecule has 10 heteroatoms. The molecule has 1 aromatic rings. The van der Waals surface area contributed by atoms with E-state index in [1.807, 2.05) is 0 Å². The Morgan fingerprint density at radius 2 is 1.72 bits per heavy atom. The van der Waals surface area contributed by atoms with Crippen molar-refractivity contribution in [2.75, 3.05) is 18.8 Å². The Morgan fingerprint density at radius 3 is 2.20 bits per heavy atom. The Labute approximate surface area is 149 Å². The van der Waals surface area contributed by atoms with Gasteiger partial charge in [0.25, 0.3) is 11.1 Å². The number of amides is 3. The van der Waals surface area contributed by atoms with Gasteiger partial charge in [-0.3, -0.25) is 19.3 Å². The second-order valence-electron chi connectivity index (χ2n) is 5.91. The van der Waals surface area contributed by atoms with Gasteiger partial charge in [0.2, 0.25) is 15.9 Å². The highest BCUT2D eigenvalue weighted by atomic mass is 32.2. The van der Waals surface area contributed by atoms with E-state index >= 15 is 0 Å². The monoisotopic (exact) mass is 383 g/mol. The number of likely N-dealkylation sites (tertiary alicyclic amines) is 1. The van der Waals surface area contributed by atoms with E-state index in [2.05, 4.69) is 0 Å². The van der Waals surface area contributed by atoms with Crippen LogP contribution < -0.4 is 5.14 Å². The molecule has 0 aliphatic carbocycles. The average molecular weight is 383 g/mol. The highest BCUT2D eigenvalue weighted by molar-refractivity contribution is 8.14. The van der Waals surface area contributed by atoms with E-state index in [0.29, 0.717) is 31.5 Å². The number of hydrogen-bond acceptors (Lipinski definition) is 6. The molecule has 1 aromatic carbocycles. The molecule has 2 heterocycles. The molecular formula is C15H17N3O5S2. The lowest BCUT2D eigenvalue weighted by atomic mass is 10.0. The smallest absolute Gasteiger partial charge is 0.289 e. The van der Waals surface area contributed by atoms with E-state index in [4.69, 9.17) is 5.14 Å². The maximum absolute atomic E-state index is 12.5. The summed E-state index contributed by atoms with van der Waals surface area (Å²) in [4.78, 5) is 39.0. The highest BCUT2D eigenvalue weighted by Crippen LogP contribution is 2.27. The molecule has 8 nitrogen and oxygen atoms in total. The average Bonchev–Trinajstić information content (AvgIpc) is 2.92. The van der Waals surface area contributed by atoms with Gasteiger partial charge in [-0.15, -0.1) is 0 Å². The van der Waals surface area contributed by atoms with Crippen LogP contribution in [0.15, 0.2) is 29.2 Å². The van der Waals surface area contributed by atoms with Crippen LogP contribution in [0, 0.1) is 0 Å². The molecule has 0 spiro atoms. The van der Waals surface area contributed by atoms with Gasteiger partial charge in [-0.25, -0.2) is 13.6 Å². The van der Waals surface area contributed by atoms with E-state index in [1.165, 1.54) is 29.2 Å². The third-order valence-electron chi connectivity index (χ3n) is 4.33. The lowest BCUT2D eigenvalue weighted by Crippen LogP contribution is -2.48. The number of carbonyl (C=O) groups is 3. The fourth-order valence-corrected chi connectivity index (χ4v) is 4.31. The Kier molecular flexibility index (Phi) is 4.85. The number of hydrogen-bond donors (Lipinski definition) is 1. The lowest BCUT2D eigenvalue weighted by Gasteiger charge is -2.35. The van der Waals surface area contributed by atoms with Crippen molar-refractivity contribution in [1.82, 2.24) is 9.80 Å². The van der Waals surface area contributed by atoms with Crippen LogP contribution in [0.4, 0.5) is 4.79 Å². The number of thioether (sulfide) groups is 1. The number of primary sulfonamides is 1. The van der Waals surface area contributed by atoms with E-state index in [9.17, 15) is 22.8 Å². The van der Waals surface area contributed by atoms with Gasteiger partial charge < -0.3 is 4.90 Å². The molecule has 2 N–H and O–H groups in total. The summed E-state index contributed by atoms with van der Waals surface area (Å²) in [5.74, 6) is -0.194. The zero-order valence-corrected chi connectivity index (χ0v) is 14.9. The number of rotatable bonds is 3. The van der Waals surface area contributed by atoms with Crippen LogP contribution in [0.25, 0.3) is 0 Å². The maximum Gasteiger partial charge on any atom is 0.289 e. The van der Waals surface area contributed by atoms with Crippen molar-refractivity contribution in [2.45, 2.75) is 23.8 Å². The number of piperidine rings is 1. The molecule has 3 rings (SSSR count). The van der Waals surface area contributed by atoms with E-state index in [-0.39, 0.29) is 33.7 Å². The lowest BCUT2D eigenvalue weighted by molar-refractivity contribution is -0.126. The van der Waals surface area contributed by atoms with Crippen molar-refractivity contribution in [1.29, 1.82) is 0 Å². The molecule has 0 bridgehead atoms. The number of nitrogens with zero attached hydrogens (tertiary/aromatic N) is 2. The van der Waals surface area contributed by atoms with Crippen LogP contribution in [-0.2, 0) is 14.8 Å². The quantitative estimate of drug-likeness (QED) is 0.818. The Hall–Kier alpha value is -1.91. The summed E-state index contributed by atoms with van der Waals surface area (Å²) in [5, 5.41) is 4.82. The summed E-state index contributed by atoms with van der Waals surface area (Å²) < 4.78 is 22.5. The first-order valence-corrected chi connectivity index (χ1v) is 10.2. The molecule has 134 valence electrons. The highest BCUT2D eigenvalue weighted by Gasteiger charge is 2.38. The Balaban J connectivity index is 1.64. The first-order chi connectivity index (χ1) is 11.8. The minimum absolute atomic E-state index is 0.0497. The van der Waals surface area contributed by atoms with Crippen molar-refractivity contribution in [3.8, 4) is 0 Å². The molecular weight excluding hydrogens is 366 g/mol. The van der Waals surface area contributed by atoms with E-state index < -0.39 is 10.0 Å². The number of nitrogens with two attached hydrogens (primary N) is 1. The standard InChI is InChI=1S/C15H17N3O5S2/c16-25(22,23)12-3-1-10(2-4-12)14(20)17-7-5-11(6-8-17)18-13(19)9-24-15(18)21/h1-4,11H,5-9H2,(H2,16,22,23). The number of benzene rings is 1. The second-order valence-corrected chi connectivity index (χ2v) is 8.40. The maximum atomic E-state index is 12.5. The SMILES string of the molecule is NS(=O)(=O)c1ccc(C(=O)N2CCC(N3C(=O)CSC3=O)CC2)cc1. The van der Waals surface area contributed by atoms with Gasteiger partial charge in [0.05, 0.1) is 10.6 Å². The van der Waals surface area contributed by atoms with Gasteiger partial charge >= 0.3 is 0 Å². The van der Waals surface area contributed by atoms with Crippen molar-refractivity contribution in [3.05, 3.63) is 29.8 Å². The number of imide groups is 1. The molecule has 0 unspecified atom stereocenters. The van der Waals surface area contributed by atoms with Crippen LogP contribution in [0.1, 0.15) is 23.2 Å². The van der Waals surface area contributed by atoms with Gasteiger partial charge in [0.1, 0.15) is 0 Å². The third kappa shape index (κ3) is 3.70. The third-order valence-corrected chi connectivity index (χ3v) is 6.10. The summed E-state index contributed by atoms with van der Waals surface area (Å²) in [5.41, 5.74) is 0.370. The fraction of sp³-hybridized carbons (Fsp3) is 0.400. The largest absolute Gasteiger partial charge is 0.338 e.